The second-order valence-corrected chi connectivity index (χ2v) is 6.42. The van der Waals surface area contributed by atoms with Crippen molar-refractivity contribution >= 4 is 23.9 Å². The summed E-state index contributed by atoms with van der Waals surface area (Å²) in [5.74, 6) is -0.0926. The SMILES string of the molecule is CCOc1cc(/C=C2\N=C(c3ccccc3)OC2=O)ccc1OC(=O)C(C)C. The first-order chi connectivity index (χ1) is 13.5. The van der Waals surface area contributed by atoms with Crippen LogP contribution in [0, 0.1) is 5.92 Å². The van der Waals surface area contributed by atoms with Gasteiger partial charge in [-0.25, -0.2) is 9.79 Å². The fourth-order valence-corrected chi connectivity index (χ4v) is 2.46. The highest BCUT2D eigenvalue weighted by Gasteiger charge is 2.24. The van der Waals surface area contributed by atoms with Crippen LogP contribution in [-0.4, -0.2) is 24.4 Å². The number of hydrogen-bond donors (Lipinski definition) is 0. The highest BCUT2D eigenvalue weighted by molar-refractivity contribution is 6.12. The van der Waals surface area contributed by atoms with Crippen molar-refractivity contribution < 1.29 is 23.8 Å². The van der Waals surface area contributed by atoms with Crippen molar-refractivity contribution in [3.63, 3.8) is 0 Å². The zero-order valence-corrected chi connectivity index (χ0v) is 16.0. The zero-order chi connectivity index (χ0) is 20.1. The van der Waals surface area contributed by atoms with E-state index in [1.54, 1.807) is 38.1 Å². The van der Waals surface area contributed by atoms with Crippen LogP contribution >= 0.6 is 0 Å². The molecule has 1 aliphatic heterocycles. The first-order valence-electron chi connectivity index (χ1n) is 9.04. The number of rotatable bonds is 6. The van der Waals surface area contributed by atoms with Crippen LogP contribution in [0.2, 0.25) is 0 Å². The molecule has 3 rings (SSSR count). The van der Waals surface area contributed by atoms with Crippen LogP contribution in [0.5, 0.6) is 11.5 Å². The molecule has 2 aromatic rings. The smallest absolute Gasteiger partial charge is 0.363 e. The van der Waals surface area contributed by atoms with E-state index >= 15 is 0 Å². The largest absolute Gasteiger partial charge is 0.490 e. The second-order valence-electron chi connectivity index (χ2n) is 6.42. The Morgan fingerprint density at radius 1 is 1.14 bits per heavy atom. The van der Waals surface area contributed by atoms with E-state index in [-0.39, 0.29) is 23.5 Å². The topological polar surface area (TPSA) is 74.2 Å². The van der Waals surface area contributed by atoms with Crippen molar-refractivity contribution in [2.75, 3.05) is 6.61 Å². The van der Waals surface area contributed by atoms with E-state index in [9.17, 15) is 9.59 Å². The van der Waals surface area contributed by atoms with Gasteiger partial charge in [0, 0.05) is 5.56 Å². The third-order valence-corrected chi connectivity index (χ3v) is 3.89. The van der Waals surface area contributed by atoms with Gasteiger partial charge in [-0.1, -0.05) is 38.1 Å². The molecular weight excluding hydrogens is 358 g/mol. The van der Waals surface area contributed by atoms with E-state index in [2.05, 4.69) is 4.99 Å². The molecule has 28 heavy (non-hydrogen) atoms. The number of ether oxygens (including phenoxy) is 3. The summed E-state index contributed by atoms with van der Waals surface area (Å²) < 4.78 is 16.2. The van der Waals surface area contributed by atoms with E-state index < -0.39 is 5.97 Å². The lowest BCUT2D eigenvalue weighted by Gasteiger charge is -2.12. The van der Waals surface area contributed by atoms with E-state index in [4.69, 9.17) is 14.2 Å². The molecule has 6 nitrogen and oxygen atoms in total. The molecule has 0 amide bonds. The number of cyclic esters (lactones) is 1. The highest BCUT2D eigenvalue weighted by atomic mass is 16.6. The van der Waals surface area contributed by atoms with Gasteiger partial charge in [-0.15, -0.1) is 0 Å². The molecule has 0 fully saturated rings. The van der Waals surface area contributed by atoms with Crippen molar-refractivity contribution in [3.05, 3.63) is 65.4 Å². The van der Waals surface area contributed by atoms with Gasteiger partial charge in [0.1, 0.15) is 0 Å². The maximum atomic E-state index is 12.2. The normalized spacial score (nSPS) is 14.8. The Labute approximate surface area is 163 Å². The number of hydrogen-bond acceptors (Lipinski definition) is 6. The van der Waals surface area contributed by atoms with Crippen LogP contribution in [-0.2, 0) is 14.3 Å². The maximum absolute atomic E-state index is 12.2. The maximum Gasteiger partial charge on any atom is 0.363 e. The molecule has 6 heteroatoms. The molecule has 2 aromatic carbocycles. The summed E-state index contributed by atoms with van der Waals surface area (Å²) in [6, 6.07) is 14.3. The van der Waals surface area contributed by atoms with Crippen molar-refractivity contribution in [1.82, 2.24) is 0 Å². The van der Waals surface area contributed by atoms with Gasteiger partial charge in [-0.3, -0.25) is 4.79 Å². The summed E-state index contributed by atoms with van der Waals surface area (Å²) in [6.07, 6.45) is 1.61. The van der Waals surface area contributed by atoms with Crippen molar-refractivity contribution in [1.29, 1.82) is 0 Å². The number of benzene rings is 2. The van der Waals surface area contributed by atoms with Crippen molar-refractivity contribution in [3.8, 4) is 11.5 Å². The van der Waals surface area contributed by atoms with E-state index in [0.29, 0.717) is 23.7 Å². The highest BCUT2D eigenvalue weighted by Crippen LogP contribution is 2.30. The minimum absolute atomic E-state index is 0.188. The second kappa shape index (κ2) is 8.52. The third kappa shape index (κ3) is 4.46. The van der Waals surface area contributed by atoms with Gasteiger partial charge in [0.25, 0.3) is 0 Å². The molecule has 0 unspecified atom stereocenters. The Bertz CT molecular complexity index is 945. The summed E-state index contributed by atoms with van der Waals surface area (Å²) in [5, 5.41) is 0. The third-order valence-electron chi connectivity index (χ3n) is 3.89. The number of nitrogens with zero attached hydrogens (tertiary/aromatic N) is 1. The monoisotopic (exact) mass is 379 g/mol. The quantitative estimate of drug-likeness (QED) is 0.431. The van der Waals surface area contributed by atoms with Gasteiger partial charge in [0.2, 0.25) is 5.90 Å². The minimum Gasteiger partial charge on any atom is -0.490 e. The zero-order valence-electron chi connectivity index (χ0n) is 16.0. The number of esters is 2. The lowest BCUT2D eigenvalue weighted by Crippen LogP contribution is -2.15. The standard InChI is InChI=1S/C22H21NO5/c1-4-26-19-13-15(10-11-18(19)27-21(24)14(2)3)12-17-22(25)28-20(23-17)16-8-6-5-7-9-16/h5-14H,4H2,1-3H3/b17-12-. The molecule has 0 saturated heterocycles. The summed E-state index contributed by atoms with van der Waals surface area (Å²) >= 11 is 0. The Morgan fingerprint density at radius 3 is 2.57 bits per heavy atom. The van der Waals surface area contributed by atoms with Gasteiger partial charge in [0.15, 0.2) is 17.2 Å². The molecule has 0 atom stereocenters. The van der Waals surface area contributed by atoms with E-state index in [1.165, 1.54) is 0 Å². The van der Waals surface area contributed by atoms with Gasteiger partial charge in [0.05, 0.1) is 12.5 Å². The van der Waals surface area contributed by atoms with Gasteiger partial charge in [-0.2, -0.15) is 0 Å². The Morgan fingerprint density at radius 2 is 1.89 bits per heavy atom. The molecule has 0 bridgehead atoms. The van der Waals surface area contributed by atoms with Gasteiger partial charge < -0.3 is 14.2 Å². The van der Waals surface area contributed by atoms with Crippen LogP contribution in [0.15, 0.2) is 59.2 Å². The lowest BCUT2D eigenvalue weighted by molar-refractivity contribution is -0.138. The van der Waals surface area contributed by atoms with Gasteiger partial charge in [-0.05, 0) is 42.8 Å². The minimum atomic E-state index is -0.521. The molecule has 1 heterocycles. The molecule has 0 saturated carbocycles. The van der Waals surface area contributed by atoms with Crippen LogP contribution in [0.4, 0.5) is 0 Å². The Kier molecular flexibility index (Phi) is 5.89. The molecule has 1 aliphatic rings. The molecule has 0 radical (unpaired) electrons. The van der Waals surface area contributed by atoms with Crippen LogP contribution in [0.1, 0.15) is 31.9 Å². The summed E-state index contributed by atoms with van der Waals surface area (Å²) in [4.78, 5) is 28.3. The molecule has 0 N–H and O–H groups in total. The van der Waals surface area contributed by atoms with Gasteiger partial charge >= 0.3 is 11.9 Å². The molecule has 0 spiro atoms. The molecule has 0 aromatic heterocycles. The summed E-state index contributed by atoms with van der Waals surface area (Å²) in [6.45, 7) is 5.76. The summed E-state index contributed by atoms with van der Waals surface area (Å²) in [7, 11) is 0. The summed E-state index contributed by atoms with van der Waals surface area (Å²) in [5.41, 5.74) is 1.59. The fraction of sp³-hybridized carbons (Fsp3) is 0.227. The average molecular weight is 379 g/mol. The fourth-order valence-electron chi connectivity index (χ4n) is 2.46. The molecule has 144 valence electrons. The lowest BCUT2D eigenvalue weighted by atomic mass is 10.1. The first-order valence-corrected chi connectivity index (χ1v) is 9.04. The van der Waals surface area contributed by atoms with Crippen LogP contribution in [0.25, 0.3) is 6.08 Å². The number of aliphatic imine (C=N–C) groups is 1. The average Bonchev–Trinajstić information content (AvgIpc) is 3.05. The Balaban J connectivity index is 1.89. The predicted octanol–water partition coefficient (Wildman–Crippen LogP) is 3.99. The van der Waals surface area contributed by atoms with Crippen molar-refractivity contribution in [2.45, 2.75) is 20.8 Å². The van der Waals surface area contributed by atoms with Crippen molar-refractivity contribution in [2.24, 2.45) is 10.9 Å². The predicted molar refractivity (Wildman–Crippen MR) is 105 cm³/mol. The number of carbonyl (C=O) groups is 2. The van der Waals surface area contributed by atoms with E-state index in [0.717, 1.165) is 5.56 Å². The molecule has 0 aliphatic carbocycles. The number of carbonyl (C=O) groups excluding carboxylic acids is 2. The van der Waals surface area contributed by atoms with Crippen LogP contribution < -0.4 is 9.47 Å². The first kappa shape index (κ1) is 19.4. The van der Waals surface area contributed by atoms with E-state index in [1.807, 2.05) is 37.3 Å². The van der Waals surface area contributed by atoms with Crippen LogP contribution in [0.3, 0.4) is 0 Å². The Hall–Kier alpha value is -3.41. The molecular formula is C22H21NO5.